The fourth-order valence-corrected chi connectivity index (χ4v) is 4.53. The second kappa shape index (κ2) is 7.88. The topological polar surface area (TPSA) is 70.6 Å². The molecule has 1 aromatic rings. The van der Waals surface area contributed by atoms with E-state index in [0.717, 1.165) is 41.5 Å². The molecule has 0 bridgehead atoms. The molecule has 7 heteroatoms. The van der Waals surface area contributed by atoms with E-state index in [1.54, 1.807) is 11.8 Å². The molecule has 0 spiro atoms. The molecular formula is C16H19N3O2S2. The minimum Gasteiger partial charge on any atom is -0.335 e. The number of nitrogens with zero attached hydrogens (tertiary/aromatic N) is 1. The van der Waals surface area contributed by atoms with Crippen molar-refractivity contribution in [1.29, 1.82) is 0 Å². The third kappa shape index (κ3) is 4.75. The monoisotopic (exact) mass is 349 g/mol. The number of amides is 3. The molecule has 0 unspecified atom stereocenters. The molecule has 23 heavy (non-hydrogen) atoms. The molecule has 1 aliphatic heterocycles. The molecule has 0 atom stereocenters. The van der Waals surface area contributed by atoms with Gasteiger partial charge in [-0.1, -0.05) is 54.6 Å². The van der Waals surface area contributed by atoms with Crippen LogP contribution < -0.4 is 10.6 Å². The lowest BCUT2D eigenvalue weighted by molar-refractivity contribution is -0.117. The highest BCUT2D eigenvalue weighted by Gasteiger charge is 2.19. The van der Waals surface area contributed by atoms with E-state index in [9.17, 15) is 9.59 Å². The zero-order valence-electron chi connectivity index (χ0n) is 12.7. The average Bonchev–Trinajstić information content (AvgIpc) is 3.05. The maximum absolute atomic E-state index is 11.9. The smallest absolute Gasteiger partial charge is 0.321 e. The van der Waals surface area contributed by atoms with Crippen LogP contribution >= 0.6 is 23.5 Å². The number of rotatable bonds is 3. The number of hydrogen-bond donors (Lipinski definition) is 2. The number of hydrogen-bond acceptors (Lipinski definition) is 5. The Morgan fingerprint density at radius 2 is 2.04 bits per heavy atom. The standard InChI is InChI=1S/C16H19N3O2S2/c20-14(19-15(21)17-12-6-2-3-7-12)10-23-16-18-13-8-4-1-5-11(13)9-22-16/h1,4-5,8,12H,2-3,6-7,9-10H2,(H2,17,19,20,21). The van der Waals surface area contributed by atoms with Gasteiger partial charge in [0.15, 0.2) is 0 Å². The quantitative estimate of drug-likeness (QED) is 0.877. The Kier molecular flexibility index (Phi) is 5.61. The second-order valence-electron chi connectivity index (χ2n) is 5.59. The molecule has 1 aliphatic carbocycles. The van der Waals surface area contributed by atoms with E-state index in [0.29, 0.717) is 0 Å². The molecule has 1 heterocycles. The molecule has 0 saturated heterocycles. The number of imide groups is 1. The fourth-order valence-electron chi connectivity index (χ4n) is 2.67. The van der Waals surface area contributed by atoms with Gasteiger partial charge in [0, 0.05) is 11.8 Å². The number of thioether (sulfide) groups is 2. The Labute approximate surface area is 144 Å². The predicted molar refractivity (Wildman–Crippen MR) is 96.2 cm³/mol. The molecule has 0 aromatic heterocycles. The number of carbonyl (C=O) groups excluding carboxylic acids is 2. The Bertz CT molecular complexity index is 628. The summed E-state index contributed by atoms with van der Waals surface area (Å²) in [5.74, 6) is 0.783. The summed E-state index contributed by atoms with van der Waals surface area (Å²) in [6.07, 6.45) is 4.30. The van der Waals surface area contributed by atoms with Gasteiger partial charge in [0.2, 0.25) is 5.91 Å². The van der Waals surface area contributed by atoms with Crippen LogP contribution in [0.4, 0.5) is 10.5 Å². The molecule has 1 fully saturated rings. The lowest BCUT2D eigenvalue weighted by atomic mass is 10.2. The van der Waals surface area contributed by atoms with E-state index < -0.39 is 0 Å². The third-order valence-electron chi connectivity index (χ3n) is 3.82. The first-order valence-electron chi connectivity index (χ1n) is 7.73. The first kappa shape index (κ1) is 16.4. The summed E-state index contributed by atoms with van der Waals surface area (Å²) in [5.41, 5.74) is 2.18. The maximum Gasteiger partial charge on any atom is 0.321 e. The van der Waals surface area contributed by atoms with E-state index in [2.05, 4.69) is 21.7 Å². The minimum absolute atomic E-state index is 0.200. The van der Waals surface area contributed by atoms with Gasteiger partial charge >= 0.3 is 6.03 Å². The molecule has 3 amide bonds. The summed E-state index contributed by atoms with van der Waals surface area (Å²) in [7, 11) is 0. The number of benzene rings is 1. The SMILES string of the molecule is O=C(CSC1=Nc2ccccc2CS1)NC(=O)NC1CCCC1. The molecule has 122 valence electrons. The normalized spacial score (nSPS) is 17.3. The maximum atomic E-state index is 11.9. The first-order chi connectivity index (χ1) is 11.2. The molecule has 2 N–H and O–H groups in total. The van der Waals surface area contributed by atoms with Crippen molar-refractivity contribution in [2.24, 2.45) is 4.99 Å². The summed E-state index contributed by atoms with van der Waals surface area (Å²) in [6, 6.07) is 7.83. The number of nitrogens with one attached hydrogen (secondary N) is 2. The molecule has 1 aromatic carbocycles. The highest BCUT2D eigenvalue weighted by Crippen LogP contribution is 2.34. The molecule has 0 radical (unpaired) electrons. The number of urea groups is 1. The Balaban J connectivity index is 1.44. The van der Waals surface area contributed by atoms with Gasteiger partial charge in [0.25, 0.3) is 0 Å². The van der Waals surface area contributed by atoms with Gasteiger partial charge in [0.1, 0.15) is 4.38 Å². The highest BCUT2D eigenvalue weighted by atomic mass is 32.2. The largest absolute Gasteiger partial charge is 0.335 e. The Hall–Kier alpha value is -1.47. The Morgan fingerprint density at radius 3 is 2.87 bits per heavy atom. The van der Waals surface area contributed by atoms with Gasteiger partial charge in [-0.05, 0) is 24.5 Å². The zero-order chi connectivity index (χ0) is 16.1. The summed E-state index contributed by atoms with van der Waals surface area (Å²) in [4.78, 5) is 28.1. The molecule has 2 aliphatic rings. The Morgan fingerprint density at radius 1 is 1.26 bits per heavy atom. The van der Waals surface area contributed by atoms with Crippen LogP contribution in [0.5, 0.6) is 0 Å². The fraction of sp³-hybridized carbons (Fsp3) is 0.438. The molecular weight excluding hydrogens is 330 g/mol. The minimum atomic E-state index is -0.383. The van der Waals surface area contributed by atoms with Gasteiger partial charge < -0.3 is 5.32 Å². The van der Waals surface area contributed by atoms with Crippen LogP contribution in [-0.2, 0) is 10.5 Å². The summed E-state index contributed by atoms with van der Waals surface area (Å²) >= 11 is 3.00. The molecule has 3 rings (SSSR count). The number of carbonyl (C=O) groups is 2. The summed E-state index contributed by atoms with van der Waals surface area (Å²) < 4.78 is 0.870. The first-order valence-corrected chi connectivity index (χ1v) is 9.70. The van der Waals surface area contributed by atoms with Gasteiger partial charge in [-0.15, -0.1) is 0 Å². The van der Waals surface area contributed by atoms with Crippen LogP contribution in [0.3, 0.4) is 0 Å². The second-order valence-corrected chi connectivity index (χ2v) is 7.77. The van der Waals surface area contributed by atoms with Crippen molar-refractivity contribution in [1.82, 2.24) is 10.6 Å². The predicted octanol–water partition coefficient (Wildman–Crippen LogP) is 3.42. The summed E-state index contributed by atoms with van der Waals surface area (Å²) in [6.45, 7) is 0. The van der Waals surface area contributed by atoms with Crippen molar-refractivity contribution in [2.75, 3.05) is 5.75 Å². The lowest BCUT2D eigenvalue weighted by Crippen LogP contribution is -2.44. The van der Waals surface area contributed by atoms with Crippen LogP contribution in [0.2, 0.25) is 0 Å². The van der Waals surface area contributed by atoms with Crippen molar-refractivity contribution < 1.29 is 9.59 Å². The third-order valence-corrected chi connectivity index (χ3v) is 6.07. The molecule has 1 saturated carbocycles. The van der Waals surface area contributed by atoms with E-state index in [1.165, 1.54) is 17.3 Å². The van der Waals surface area contributed by atoms with Gasteiger partial charge in [-0.3, -0.25) is 10.1 Å². The van der Waals surface area contributed by atoms with Gasteiger partial charge in [-0.2, -0.15) is 0 Å². The van der Waals surface area contributed by atoms with Crippen LogP contribution in [0.1, 0.15) is 31.2 Å². The van der Waals surface area contributed by atoms with Crippen LogP contribution in [-0.4, -0.2) is 28.1 Å². The van der Waals surface area contributed by atoms with E-state index >= 15 is 0 Å². The van der Waals surface area contributed by atoms with E-state index in [1.807, 2.05) is 18.2 Å². The van der Waals surface area contributed by atoms with E-state index in [4.69, 9.17) is 0 Å². The number of aliphatic imine (C=N–C) groups is 1. The van der Waals surface area contributed by atoms with Crippen molar-refractivity contribution in [3.8, 4) is 0 Å². The van der Waals surface area contributed by atoms with Crippen molar-refractivity contribution in [3.05, 3.63) is 29.8 Å². The molecule has 5 nitrogen and oxygen atoms in total. The van der Waals surface area contributed by atoms with Gasteiger partial charge in [-0.25, -0.2) is 9.79 Å². The van der Waals surface area contributed by atoms with Crippen LogP contribution in [0, 0.1) is 0 Å². The van der Waals surface area contributed by atoms with E-state index in [-0.39, 0.29) is 23.7 Å². The van der Waals surface area contributed by atoms with Crippen LogP contribution in [0.25, 0.3) is 0 Å². The highest BCUT2D eigenvalue weighted by molar-refractivity contribution is 8.38. The van der Waals surface area contributed by atoms with Crippen molar-refractivity contribution >= 4 is 45.5 Å². The van der Waals surface area contributed by atoms with Crippen molar-refractivity contribution in [3.63, 3.8) is 0 Å². The van der Waals surface area contributed by atoms with Crippen LogP contribution in [0.15, 0.2) is 29.3 Å². The van der Waals surface area contributed by atoms with Gasteiger partial charge in [0.05, 0.1) is 11.4 Å². The summed E-state index contributed by atoms with van der Waals surface area (Å²) in [5, 5.41) is 5.24. The number of fused-ring (bicyclic) bond motifs is 1. The average molecular weight is 349 g/mol. The number of para-hydroxylation sites is 1. The lowest BCUT2D eigenvalue weighted by Gasteiger charge is -2.14. The van der Waals surface area contributed by atoms with Crippen molar-refractivity contribution in [2.45, 2.75) is 37.5 Å². The zero-order valence-corrected chi connectivity index (χ0v) is 14.3.